The van der Waals surface area contributed by atoms with Crippen molar-refractivity contribution >= 4 is 0 Å². The van der Waals surface area contributed by atoms with E-state index in [4.69, 9.17) is 0 Å². The number of nitrogens with one attached hydrogen (secondary N) is 1. The van der Waals surface area contributed by atoms with Crippen LogP contribution in [0.15, 0.2) is 60.7 Å². The summed E-state index contributed by atoms with van der Waals surface area (Å²) in [6.07, 6.45) is 2.87. The van der Waals surface area contributed by atoms with Gasteiger partial charge >= 0.3 is 0 Å². The van der Waals surface area contributed by atoms with Gasteiger partial charge in [-0.15, -0.1) is 0 Å². The van der Waals surface area contributed by atoms with Gasteiger partial charge in [0.25, 0.3) is 0 Å². The Morgan fingerprint density at radius 2 is 1.57 bits per heavy atom. The zero-order chi connectivity index (χ0) is 16.3. The van der Waals surface area contributed by atoms with Crippen molar-refractivity contribution < 1.29 is 5.11 Å². The molecule has 1 saturated heterocycles. The van der Waals surface area contributed by atoms with Crippen LogP contribution in [0, 0.1) is 5.92 Å². The summed E-state index contributed by atoms with van der Waals surface area (Å²) in [5.41, 5.74) is 1.86. The van der Waals surface area contributed by atoms with E-state index in [-0.39, 0.29) is 18.0 Å². The molecule has 0 spiro atoms. The Balaban J connectivity index is 1.95. The molecule has 2 aromatic carbocycles. The molecule has 4 unspecified atom stereocenters. The molecule has 1 heterocycles. The van der Waals surface area contributed by atoms with Crippen molar-refractivity contribution in [3.05, 3.63) is 71.8 Å². The summed E-state index contributed by atoms with van der Waals surface area (Å²) in [6.45, 7) is 4.21. The Kier molecular flexibility index (Phi) is 4.84. The molecular formula is C21H27NO. The summed E-state index contributed by atoms with van der Waals surface area (Å²) >= 11 is 0. The monoisotopic (exact) mass is 309 g/mol. The maximum absolute atomic E-state index is 11.2. The van der Waals surface area contributed by atoms with Gasteiger partial charge in [0.15, 0.2) is 0 Å². The fourth-order valence-corrected chi connectivity index (χ4v) is 3.99. The van der Waals surface area contributed by atoms with Crippen molar-refractivity contribution in [3.63, 3.8) is 0 Å². The van der Waals surface area contributed by atoms with E-state index < -0.39 is 5.60 Å². The van der Waals surface area contributed by atoms with E-state index in [1.165, 1.54) is 11.1 Å². The van der Waals surface area contributed by atoms with E-state index in [0.717, 1.165) is 19.3 Å². The number of benzene rings is 2. The molecule has 4 atom stereocenters. The number of rotatable bonds is 4. The summed E-state index contributed by atoms with van der Waals surface area (Å²) < 4.78 is 0. The second kappa shape index (κ2) is 6.86. The summed E-state index contributed by atoms with van der Waals surface area (Å²) in [5.74, 6) is 0.231. The second-order valence-corrected chi connectivity index (χ2v) is 6.97. The van der Waals surface area contributed by atoms with Crippen LogP contribution in [0.1, 0.15) is 56.3 Å². The van der Waals surface area contributed by atoms with Crippen LogP contribution in [0.4, 0.5) is 0 Å². The highest BCUT2D eigenvalue weighted by molar-refractivity contribution is 5.26. The average Bonchev–Trinajstić information content (AvgIpc) is 2.58. The van der Waals surface area contributed by atoms with E-state index in [2.05, 4.69) is 60.8 Å². The summed E-state index contributed by atoms with van der Waals surface area (Å²) in [4.78, 5) is 0. The van der Waals surface area contributed by atoms with Gasteiger partial charge in [-0.05, 0) is 30.9 Å². The molecular weight excluding hydrogens is 282 g/mol. The van der Waals surface area contributed by atoms with Crippen LogP contribution >= 0.6 is 0 Å². The van der Waals surface area contributed by atoms with Gasteiger partial charge in [0.1, 0.15) is 0 Å². The molecule has 1 aliphatic heterocycles. The molecule has 3 rings (SSSR count). The number of aliphatic hydroxyl groups is 1. The summed E-state index contributed by atoms with van der Waals surface area (Å²) in [6, 6.07) is 21.4. The Hall–Kier alpha value is -1.64. The van der Waals surface area contributed by atoms with Gasteiger partial charge < -0.3 is 10.4 Å². The molecule has 2 N–H and O–H groups in total. The van der Waals surface area contributed by atoms with E-state index in [1.54, 1.807) is 0 Å². The first-order valence-electron chi connectivity index (χ1n) is 8.70. The van der Waals surface area contributed by atoms with Gasteiger partial charge in [-0.2, -0.15) is 0 Å². The van der Waals surface area contributed by atoms with Crippen LogP contribution in [0.2, 0.25) is 0 Å². The van der Waals surface area contributed by atoms with Gasteiger partial charge in [0.2, 0.25) is 0 Å². The molecule has 1 fully saturated rings. The van der Waals surface area contributed by atoms with Gasteiger partial charge in [-0.25, -0.2) is 0 Å². The maximum Gasteiger partial charge on any atom is 0.0684 e. The van der Waals surface area contributed by atoms with Crippen LogP contribution in [-0.2, 0) is 0 Å². The lowest BCUT2D eigenvalue weighted by molar-refractivity contribution is -0.0636. The highest BCUT2D eigenvalue weighted by Gasteiger charge is 2.44. The first-order valence-corrected chi connectivity index (χ1v) is 8.70. The third-order valence-electron chi connectivity index (χ3n) is 5.16. The Morgan fingerprint density at radius 3 is 2.13 bits per heavy atom. The predicted molar refractivity (Wildman–Crippen MR) is 95.1 cm³/mol. The van der Waals surface area contributed by atoms with Crippen LogP contribution in [0.5, 0.6) is 0 Å². The Morgan fingerprint density at radius 1 is 1.00 bits per heavy atom. The van der Waals surface area contributed by atoms with Crippen molar-refractivity contribution in [2.45, 2.75) is 50.8 Å². The molecule has 23 heavy (non-hydrogen) atoms. The molecule has 2 aromatic rings. The molecule has 2 heteroatoms. The predicted octanol–water partition coefficient (Wildman–Crippen LogP) is 4.63. The number of hydrogen-bond donors (Lipinski definition) is 2. The highest BCUT2D eigenvalue weighted by Crippen LogP contribution is 2.44. The van der Waals surface area contributed by atoms with Crippen LogP contribution < -0.4 is 5.32 Å². The standard InChI is InChI=1S/C21H27NO/c1-3-10-18-20(17-13-8-5-9-14-17)22-19(15-21(18,2)23)16-11-6-4-7-12-16/h4-9,11-14,18-20,22-23H,3,10,15H2,1-2H3. The molecule has 0 amide bonds. The normalized spacial score (nSPS) is 31.0. The molecule has 0 saturated carbocycles. The van der Waals surface area contributed by atoms with Crippen molar-refractivity contribution in [1.29, 1.82) is 0 Å². The molecule has 2 nitrogen and oxygen atoms in total. The Labute approximate surface area is 139 Å². The minimum absolute atomic E-state index is 0.185. The van der Waals surface area contributed by atoms with Gasteiger partial charge in [0.05, 0.1) is 5.60 Å². The summed E-state index contributed by atoms with van der Waals surface area (Å²) in [7, 11) is 0. The lowest BCUT2D eigenvalue weighted by Crippen LogP contribution is -2.51. The van der Waals surface area contributed by atoms with Gasteiger partial charge in [0, 0.05) is 18.0 Å². The number of hydrogen-bond acceptors (Lipinski definition) is 2. The van der Waals surface area contributed by atoms with Crippen LogP contribution in [0.25, 0.3) is 0 Å². The van der Waals surface area contributed by atoms with Crippen LogP contribution in [0.3, 0.4) is 0 Å². The maximum atomic E-state index is 11.2. The van der Waals surface area contributed by atoms with Gasteiger partial charge in [-0.1, -0.05) is 74.0 Å². The van der Waals surface area contributed by atoms with Crippen molar-refractivity contribution in [2.75, 3.05) is 0 Å². The second-order valence-electron chi connectivity index (χ2n) is 6.97. The van der Waals surface area contributed by atoms with E-state index in [0.29, 0.717) is 0 Å². The van der Waals surface area contributed by atoms with E-state index in [9.17, 15) is 5.11 Å². The van der Waals surface area contributed by atoms with Crippen LogP contribution in [-0.4, -0.2) is 10.7 Å². The highest BCUT2D eigenvalue weighted by atomic mass is 16.3. The smallest absolute Gasteiger partial charge is 0.0684 e. The minimum Gasteiger partial charge on any atom is -0.390 e. The fraction of sp³-hybridized carbons (Fsp3) is 0.429. The minimum atomic E-state index is -0.664. The molecule has 1 aliphatic rings. The Bertz CT molecular complexity index is 608. The molecule has 0 radical (unpaired) electrons. The molecule has 122 valence electrons. The van der Waals surface area contributed by atoms with E-state index >= 15 is 0 Å². The lowest BCUT2D eigenvalue weighted by Gasteiger charge is -2.47. The van der Waals surface area contributed by atoms with Crippen molar-refractivity contribution in [3.8, 4) is 0 Å². The summed E-state index contributed by atoms with van der Waals surface area (Å²) in [5, 5.41) is 15.0. The molecule has 0 aliphatic carbocycles. The van der Waals surface area contributed by atoms with Crippen molar-refractivity contribution in [1.82, 2.24) is 5.32 Å². The SMILES string of the molecule is CCCC1C(c2ccccc2)NC(c2ccccc2)CC1(C)O. The van der Waals surface area contributed by atoms with Gasteiger partial charge in [-0.3, -0.25) is 0 Å². The largest absolute Gasteiger partial charge is 0.390 e. The topological polar surface area (TPSA) is 32.3 Å². The lowest BCUT2D eigenvalue weighted by atomic mass is 9.70. The van der Waals surface area contributed by atoms with Crippen molar-refractivity contribution in [2.24, 2.45) is 5.92 Å². The first kappa shape index (κ1) is 16.2. The number of piperidine rings is 1. The van der Waals surface area contributed by atoms with E-state index in [1.807, 2.05) is 19.1 Å². The fourth-order valence-electron chi connectivity index (χ4n) is 3.99. The zero-order valence-corrected chi connectivity index (χ0v) is 14.1. The zero-order valence-electron chi connectivity index (χ0n) is 14.1. The molecule has 0 bridgehead atoms. The first-order chi connectivity index (χ1) is 11.1. The quantitative estimate of drug-likeness (QED) is 0.863. The third kappa shape index (κ3) is 3.49. The third-order valence-corrected chi connectivity index (χ3v) is 5.16. The average molecular weight is 309 g/mol. The molecule has 0 aromatic heterocycles.